The zero-order valence-corrected chi connectivity index (χ0v) is 8.69. The fourth-order valence-electron chi connectivity index (χ4n) is 0.943. The highest BCUT2D eigenvalue weighted by atomic mass is 79.9. The Morgan fingerprint density at radius 1 is 1.54 bits per heavy atom. The van der Waals surface area contributed by atoms with E-state index >= 15 is 0 Å². The first kappa shape index (κ1) is 10.1. The minimum absolute atomic E-state index is 0.205. The number of alkyl halides is 1. The van der Waals surface area contributed by atoms with E-state index in [4.69, 9.17) is 4.74 Å². The Hall–Kier alpha value is -1.01. The van der Waals surface area contributed by atoms with Crippen LogP contribution in [0.2, 0.25) is 0 Å². The van der Waals surface area contributed by atoms with Gasteiger partial charge in [-0.25, -0.2) is 4.39 Å². The van der Waals surface area contributed by atoms with Gasteiger partial charge in [-0.1, -0.05) is 33.8 Å². The van der Waals surface area contributed by atoms with E-state index in [1.54, 1.807) is 12.1 Å². The molecule has 1 nitrogen and oxygen atoms in total. The van der Waals surface area contributed by atoms with Crippen LogP contribution in [-0.4, -0.2) is 12.4 Å². The van der Waals surface area contributed by atoms with Crippen LogP contribution in [0.25, 0.3) is 0 Å². The lowest BCUT2D eigenvalue weighted by Gasteiger charge is -2.02. The molecule has 0 bridgehead atoms. The average molecular weight is 243 g/mol. The van der Waals surface area contributed by atoms with Crippen molar-refractivity contribution in [3.05, 3.63) is 29.6 Å². The van der Waals surface area contributed by atoms with Crippen molar-refractivity contribution in [2.24, 2.45) is 0 Å². The maximum absolute atomic E-state index is 13.1. The molecule has 0 radical (unpaired) electrons. The summed E-state index contributed by atoms with van der Waals surface area (Å²) in [6, 6.07) is 4.67. The molecule has 3 heteroatoms. The fraction of sp³-hybridized carbons (Fsp3) is 0.200. The molecular formula is C10H8BrFO. The van der Waals surface area contributed by atoms with Gasteiger partial charge in [-0.15, -0.1) is 0 Å². The molecule has 0 heterocycles. The third kappa shape index (κ3) is 2.46. The van der Waals surface area contributed by atoms with Gasteiger partial charge in [0.2, 0.25) is 0 Å². The van der Waals surface area contributed by atoms with Gasteiger partial charge in [0.25, 0.3) is 0 Å². The first-order valence-corrected chi connectivity index (χ1v) is 4.79. The number of rotatable bonds is 1. The van der Waals surface area contributed by atoms with Gasteiger partial charge in [0, 0.05) is 0 Å². The van der Waals surface area contributed by atoms with Crippen LogP contribution >= 0.6 is 15.9 Å². The van der Waals surface area contributed by atoms with Crippen molar-refractivity contribution in [2.75, 3.05) is 12.4 Å². The first-order valence-electron chi connectivity index (χ1n) is 3.67. The molecule has 0 aliphatic rings. The van der Waals surface area contributed by atoms with Gasteiger partial charge in [-0.3, -0.25) is 0 Å². The summed E-state index contributed by atoms with van der Waals surface area (Å²) in [7, 11) is 1.43. The van der Waals surface area contributed by atoms with E-state index in [9.17, 15) is 4.39 Å². The lowest BCUT2D eigenvalue weighted by atomic mass is 10.2. The largest absolute Gasteiger partial charge is 0.492 e. The minimum atomic E-state index is -0.385. The lowest BCUT2D eigenvalue weighted by molar-refractivity contribution is 0.385. The van der Waals surface area contributed by atoms with Gasteiger partial charge >= 0.3 is 0 Å². The van der Waals surface area contributed by atoms with Crippen LogP contribution in [0.3, 0.4) is 0 Å². The number of hydrogen-bond donors (Lipinski definition) is 0. The predicted molar refractivity (Wildman–Crippen MR) is 53.6 cm³/mol. The quantitative estimate of drug-likeness (QED) is 0.544. The van der Waals surface area contributed by atoms with E-state index in [0.717, 1.165) is 0 Å². The van der Waals surface area contributed by atoms with Gasteiger partial charge in [0.05, 0.1) is 18.0 Å². The molecule has 68 valence electrons. The number of para-hydroxylation sites is 1. The molecule has 1 rings (SSSR count). The summed E-state index contributed by atoms with van der Waals surface area (Å²) in [5, 5.41) is 0.562. The maximum Gasteiger partial charge on any atom is 0.170 e. The van der Waals surface area contributed by atoms with Crippen LogP contribution in [0.1, 0.15) is 5.56 Å². The van der Waals surface area contributed by atoms with Crippen molar-refractivity contribution >= 4 is 15.9 Å². The molecule has 0 aliphatic carbocycles. The summed E-state index contributed by atoms with van der Waals surface area (Å²) in [4.78, 5) is 0. The van der Waals surface area contributed by atoms with E-state index < -0.39 is 0 Å². The Kier molecular flexibility index (Phi) is 3.78. The molecule has 0 atom stereocenters. The van der Waals surface area contributed by atoms with E-state index in [0.29, 0.717) is 10.9 Å². The van der Waals surface area contributed by atoms with Crippen LogP contribution in [0, 0.1) is 17.7 Å². The van der Waals surface area contributed by atoms with E-state index in [1.807, 2.05) is 0 Å². The molecule has 0 amide bonds. The fourth-order valence-corrected chi connectivity index (χ4v) is 1.08. The zero-order valence-electron chi connectivity index (χ0n) is 7.10. The summed E-state index contributed by atoms with van der Waals surface area (Å²) in [5.41, 5.74) is 0.571. The molecule has 1 aromatic rings. The van der Waals surface area contributed by atoms with Crippen LogP contribution in [0.15, 0.2) is 18.2 Å². The smallest absolute Gasteiger partial charge is 0.170 e. The summed E-state index contributed by atoms with van der Waals surface area (Å²) in [6.45, 7) is 0. The molecule has 0 aliphatic heterocycles. The number of ether oxygens (including phenoxy) is 1. The second-order valence-electron chi connectivity index (χ2n) is 2.26. The summed E-state index contributed by atoms with van der Waals surface area (Å²) < 4.78 is 18.0. The van der Waals surface area contributed by atoms with Crippen LogP contribution in [0.5, 0.6) is 5.75 Å². The van der Waals surface area contributed by atoms with Crippen LogP contribution in [-0.2, 0) is 0 Å². The lowest BCUT2D eigenvalue weighted by Crippen LogP contribution is -1.91. The van der Waals surface area contributed by atoms with Gasteiger partial charge in [0.15, 0.2) is 11.6 Å². The Morgan fingerprint density at radius 3 is 2.92 bits per heavy atom. The topological polar surface area (TPSA) is 9.23 Å². The molecule has 13 heavy (non-hydrogen) atoms. The highest BCUT2D eigenvalue weighted by Gasteiger charge is 2.05. The number of methoxy groups -OCH3 is 1. The molecule has 0 unspecified atom stereocenters. The van der Waals surface area contributed by atoms with Crippen molar-refractivity contribution in [3.63, 3.8) is 0 Å². The SMILES string of the molecule is COc1c(F)cccc1C#CCBr. The summed E-state index contributed by atoms with van der Waals surface area (Å²) >= 11 is 3.16. The summed E-state index contributed by atoms with van der Waals surface area (Å²) in [5.74, 6) is 5.40. The van der Waals surface area contributed by atoms with E-state index in [2.05, 4.69) is 27.8 Å². The maximum atomic E-state index is 13.1. The molecule has 0 saturated carbocycles. The number of benzene rings is 1. The van der Waals surface area contributed by atoms with Crippen LogP contribution < -0.4 is 4.74 Å². The molecule has 0 N–H and O–H groups in total. The zero-order chi connectivity index (χ0) is 9.68. The second-order valence-corrected chi connectivity index (χ2v) is 2.82. The minimum Gasteiger partial charge on any atom is -0.492 e. The van der Waals surface area contributed by atoms with E-state index in [-0.39, 0.29) is 11.6 Å². The second kappa shape index (κ2) is 4.88. The number of hydrogen-bond acceptors (Lipinski definition) is 1. The van der Waals surface area contributed by atoms with Gasteiger partial charge in [0.1, 0.15) is 0 Å². The third-order valence-electron chi connectivity index (χ3n) is 1.46. The van der Waals surface area contributed by atoms with Crippen molar-refractivity contribution < 1.29 is 9.13 Å². The van der Waals surface area contributed by atoms with Crippen molar-refractivity contribution in [3.8, 4) is 17.6 Å². The third-order valence-corrected chi connectivity index (χ3v) is 1.74. The van der Waals surface area contributed by atoms with Crippen molar-refractivity contribution in [1.29, 1.82) is 0 Å². The van der Waals surface area contributed by atoms with Crippen molar-refractivity contribution in [1.82, 2.24) is 0 Å². The molecule has 1 aromatic carbocycles. The Balaban J connectivity index is 3.12. The first-order chi connectivity index (χ1) is 6.29. The molecular weight excluding hydrogens is 235 g/mol. The summed E-state index contributed by atoms with van der Waals surface area (Å²) in [6.07, 6.45) is 0. The highest BCUT2D eigenvalue weighted by Crippen LogP contribution is 2.20. The van der Waals surface area contributed by atoms with Gasteiger partial charge in [-0.05, 0) is 12.1 Å². The molecule has 0 saturated heterocycles. The predicted octanol–water partition coefficient (Wildman–Crippen LogP) is 2.58. The van der Waals surface area contributed by atoms with Gasteiger partial charge in [-0.2, -0.15) is 0 Å². The Morgan fingerprint density at radius 2 is 2.31 bits per heavy atom. The number of halogens is 2. The monoisotopic (exact) mass is 242 g/mol. The Labute approximate surface area is 85.0 Å². The standard InChI is InChI=1S/C10H8BrFO/c1-13-10-8(5-3-7-11)4-2-6-9(10)12/h2,4,6H,7H2,1H3. The molecule has 0 spiro atoms. The molecule has 0 aromatic heterocycles. The molecule has 0 fully saturated rings. The van der Waals surface area contributed by atoms with Crippen LogP contribution in [0.4, 0.5) is 4.39 Å². The Bertz CT molecular complexity index is 352. The van der Waals surface area contributed by atoms with Gasteiger partial charge < -0.3 is 4.74 Å². The highest BCUT2D eigenvalue weighted by molar-refractivity contribution is 9.09. The van der Waals surface area contributed by atoms with Crippen molar-refractivity contribution in [2.45, 2.75) is 0 Å². The average Bonchev–Trinajstić information content (AvgIpc) is 2.15. The van der Waals surface area contributed by atoms with E-state index in [1.165, 1.54) is 13.2 Å². The normalized spacial score (nSPS) is 8.85.